The molecule has 0 unspecified atom stereocenters. The molecular formula is C15H4N6O. The Morgan fingerprint density at radius 2 is 1.32 bits per heavy atom. The number of ketones is 1. The standard InChI is InChI=1S/C15H4N6O/c16-5-9-10(6-17)19-15-14(18-9)20-11-7-3-1-2-4-8(7)13(22)12(11)21-15/h1-4H. The number of rotatable bonds is 0. The van der Waals surface area contributed by atoms with Gasteiger partial charge in [0.2, 0.25) is 5.78 Å². The minimum atomic E-state index is -0.232. The van der Waals surface area contributed by atoms with Crippen LogP contribution in [0.15, 0.2) is 24.3 Å². The molecule has 1 aliphatic carbocycles. The van der Waals surface area contributed by atoms with Gasteiger partial charge in [0.05, 0.1) is 0 Å². The Kier molecular flexibility index (Phi) is 2.27. The largest absolute Gasteiger partial charge is 0.287 e. The van der Waals surface area contributed by atoms with E-state index in [2.05, 4.69) is 19.9 Å². The van der Waals surface area contributed by atoms with Gasteiger partial charge in [0.25, 0.3) is 0 Å². The maximum atomic E-state index is 12.3. The molecule has 0 atom stereocenters. The zero-order valence-corrected chi connectivity index (χ0v) is 10.9. The molecule has 2 aromatic heterocycles. The van der Waals surface area contributed by atoms with E-state index in [1.165, 1.54) is 0 Å². The second-order valence-electron chi connectivity index (χ2n) is 4.59. The lowest BCUT2D eigenvalue weighted by atomic mass is 10.1. The van der Waals surface area contributed by atoms with Gasteiger partial charge < -0.3 is 0 Å². The Morgan fingerprint density at radius 3 is 1.91 bits per heavy atom. The molecule has 0 N–H and O–H groups in total. The van der Waals surface area contributed by atoms with Crippen molar-refractivity contribution in [1.29, 1.82) is 10.5 Å². The lowest BCUT2D eigenvalue weighted by Gasteiger charge is -2.01. The maximum absolute atomic E-state index is 12.3. The number of carbonyl (C=O) groups is 1. The molecule has 7 heteroatoms. The van der Waals surface area contributed by atoms with Crippen molar-refractivity contribution in [1.82, 2.24) is 19.9 Å². The molecule has 0 radical (unpaired) electrons. The van der Waals surface area contributed by atoms with Gasteiger partial charge in [-0.3, -0.25) is 4.79 Å². The van der Waals surface area contributed by atoms with E-state index >= 15 is 0 Å². The summed E-state index contributed by atoms with van der Waals surface area (Å²) in [5, 5.41) is 18.0. The number of fused-ring (bicyclic) bond motifs is 4. The third-order valence-corrected chi connectivity index (χ3v) is 3.37. The van der Waals surface area contributed by atoms with Crippen molar-refractivity contribution >= 4 is 17.1 Å². The third kappa shape index (κ3) is 1.45. The van der Waals surface area contributed by atoms with Crippen LogP contribution in [0.5, 0.6) is 0 Å². The quantitative estimate of drug-likeness (QED) is 0.478. The van der Waals surface area contributed by atoms with Crippen molar-refractivity contribution in [3.05, 3.63) is 46.9 Å². The maximum Gasteiger partial charge on any atom is 0.214 e. The van der Waals surface area contributed by atoms with Gasteiger partial charge in [-0.05, 0) is 0 Å². The number of hydrogen-bond acceptors (Lipinski definition) is 7. The van der Waals surface area contributed by atoms with Gasteiger partial charge in [-0.1, -0.05) is 24.3 Å². The predicted octanol–water partition coefficient (Wildman–Crippen LogP) is 1.37. The van der Waals surface area contributed by atoms with Gasteiger partial charge in [-0.15, -0.1) is 0 Å². The van der Waals surface area contributed by atoms with E-state index in [4.69, 9.17) is 10.5 Å². The summed E-state index contributed by atoms with van der Waals surface area (Å²) in [6.07, 6.45) is 0. The second-order valence-corrected chi connectivity index (χ2v) is 4.59. The van der Waals surface area contributed by atoms with Crippen molar-refractivity contribution in [3.63, 3.8) is 0 Å². The Morgan fingerprint density at radius 1 is 0.773 bits per heavy atom. The predicted molar refractivity (Wildman–Crippen MR) is 73.4 cm³/mol. The van der Waals surface area contributed by atoms with E-state index in [-0.39, 0.29) is 34.2 Å². The summed E-state index contributed by atoms with van der Waals surface area (Å²) in [4.78, 5) is 28.8. The SMILES string of the molecule is N#Cc1nc2nc3c(nc2nc1C#N)-c1ccccc1C3=O. The van der Waals surface area contributed by atoms with Crippen LogP contribution in [-0.4, -0.2) is 25.7 Å². The first-order chi connectivity index (χ1) is 10.7. The summed E-state index contributed by atoms with van der Waals surface area (Å²) in [6, 6.07) is 10.6. The average Bonchev–Trinajstić information content (AvgIpc) is 2.84. The topological polar surface area (TPSA) is 116 Å². The van der Waals surface area contributed by atoms with Gasteiger partial charge in [0.1, 0.15) is 23.5 Å². The summed E-state index contributed by atoms with van der Waals surface area (Å²) in [6.45, 7) is 0. The van der Waals surface area contributed by atoms with Gasteiger partial charge in [-0.25, -0.2) is 19.9 Å². The minimum absolute atomic E-state index is 0.0791. The van der Waals surface area contributed by atoms with Crippen LogP contribution in [0.4, 0.5) is 0 Å². The molecule has 2 heterocycles. The summed E-state index contributed by atoms with van der Waals surface area (Å²) < 4.78 is 0. The first-order valence-electron chi connectivity index (χ1n) is 6.27. The highest BCUT2D eigenvalue weighted by atomic mass is 16.1. The van der Waals surface area contributed by atoms with Crippen molar-refractivity contribution in [2.75, 3.05) is 0 Å². The van der Waals surface area contributed by atoms with Crippen LogP contribution < -0.4 is 0 Å². The number of aromatic nitrogens is 4. The van der Waals surface area contributed by atoms with Crippen LogP contribution in [-0.2, 0) is 0 Å². The van der Waals surface area contributed by atoms with Gasteiger partial charge in [0, 0.05) is 11.1 Å². The molecule has 0 amide bonds. The molecular weight excluding hydrogens is 280 g/mol. The van der Waals surface area contributed by atoms with Crippen molar-refractivity contribution in [2.24, 2.45) is 0 Å². The molecule has 0 spiro atoms. The van der Waals surface area contributed by atoms with Gasteiger partial charge in [-0.2, -0.15) is 10.5 Å². The van der Waals surface area contributed by atoms with E-state index in [0.717, 1.165) is 0 Å². The smallest absolute Gasteiger partial charge is 0.214 e. The number of nitriles is 2. The number of benzene rings is 1. The van der Waals surface area contributed by atoms with Crippen molar-refractivity contribution < 1.29 is 4.79 Å². The van der Waals surface area contributed by atoms with Crippen LogP contribution >= 0.6 is 0 Å². The number of nitrogens with zero attached hydrogens (tertiary/aromatic N) is 6. The lowest BCUT2D eigenvalue weighted by molar-refractivity contribution is 0.103. The van der Waals surface area contributed by atoms with Crippen LogP contribution in [0.3, 0.4) is 0 Å². The summed E-state index contributed by atoms with van der Waals surface area (Å²) >= 11 is 0. The highest BCUT2D eigenvalue weighted by molar-refractivity contribution is 6.20. The molecule has 7 nitrogen and oxygen atoms in total. The van der Waals surface area contributed by atoms with Crippen LogP contribution in [0.25, 0.3) is 22.6 Å². The highest BCUT2D eigenvalue weighted by Crippen LogP contribution is 2.34. The normalized spacial score (nSPS) is 11.6. The van der Waals surface area contributed by atoms with Crippen LogP contribution in [0.1, 0.15) is 27.4 Å². The van der Waals surface area contributed by atoms with Gasteiger partial charge >= 0.3 is 0 Å². The molecule has 0 saturated carbocycles. The molecule has 4 rings (SSSR count). The Balaban J connectivity index is 2.09. The molecule has 0 fully saturated rings. The molecule has 0 bridgehead atoms. The van der Waals surface area contributed by atoms with Crippen molar-refractivity contribution in [3.8, 4) is 23.4 Å². The van der Waals surface area contributed by atoms with E-state index in [0.29, 0.717) is 16.8 Å². The lowest BCUT2D eigenvalue weighted by Crippen LogP contribution is -2.04. The first-order valence-corrected chi connectivity index (χ1v) is 6.27. The van der Waals surface area contributed by atoms with E-state index in [1.54, 1.807) is 36.4 Å². The monoisotopic (exact) mass is 284 g/mol. The fraction of sp³-hybridized carbons (Fsp3) is 0. The average molecular weight is 284 g/mol. The first kappa shape index (κ1) is 12.1. The molecule has 22 heavy (non-hydrogen) atoms. The van der Waals surface area contributed by atoms with E-state index in [9.17, 15) is 4.79 Å². The Hall–Kier alpha value is -3.71. The third-order valence-electron chi connectivity index (χ3n) is 3.37. The molecule has 0 saturated heterocycles. The molecule has 1 aliphatic rings. The van der Waals surface area contributed by atoms with Crippen molar-refractivity contribution in [2.45, 2.75) is 0 Å². The van der Waals surface area contributed by atoms with E-state index in [1.807, 2.05) is 0 Å². The number of carbonyl (C=O) groups excluding carboxylic acids is 1. The molecule has 1 aromatic carbocycles. The summed E-state index contributed by atoms with van der Waals surface area (Å²) in [5.41, 5.74) is 1.80. The second kappa shape index (κ2) is 4.14. The molecule has 3 aromatic rings. The molecule has 100 valence electrons. The fourth-order valence-electron chi connectivity index (χ4n) is 2.40. The Bertz CT molecular complexity index is 1070. The fourth-order valence-corrected chi connectivity index (χ4v) is 2.40. The van der Waals surface area contributed by atoms with Crippen LogP contribution in [0.2, 0.25) is 0 Å². The molecule has 0 aliphatic heterocycles. The number of hydrogen-bond donors (Lipinski definition) is 0. The van der Waals surface area contributed by atoms with E-state index < -0.39 is 0 Å². The van der Waals surface area contributed by atoms with Crippen LogP contribution in [0, 0.1) is 22.7 Å². The Labute approximate surface area is 123 Å². The van der Waals surface area contributed by atoms with Gasteiger partial charge in [0.15, 0.2) is 22.7 Å². The zero-order chi connectivity index (χ0) is 15.3. The summed E-state index contributed by atoms with van der Waals surface area (Å²) in [5.74, 6) is -0.232. The highest BCUT2D eigenvalue weighted by Gasteiger charge is 2.30. The minimum Gasteiger partial charge on any atom is -0.287 e. The zero-order valence-electron chi connectivity index (χ0n) is 10.9. The summed E-state index contributed by atoms with van der Waals surface area (Å²) in [7, 11) is 0.